The third-order valence-electron chi connectivity index (χ3n) is 3.75. The minimum Gasteiger partial charge on any atom is -0.493 e. The smallest absolute Gasteiger partial charge is 0.244 e. The lowest BCUT2D eigenvalue weighted by molar-refractivity contribution is 0.355. The van der Waals surface area contributed by atoms with Crippen molar-refractivity contribution in [2.24, 2.45) is 0 Å². The molecule has 3 rings (SSSR count). The van der Waals surface area contributed by atoms with Crippen LogP contribution in [0.1, 0.15) is 5.56 Å². The van der Waals surface area contributed by atoms with Crippen molar-refractivity contribution in [2.45, 2.75) is 6.42 Å². The summed E-state index contributed by atoms with van der Waals surface area (Å²) in [5.41, 5.74) is 2.07. The van der Waals surface area contributed by atoms with Crippen LogP contribution in [0.4, 0.5) is 17.5 Å². The van der Waals surface area contributed by atoms with E-state index < -0.39 is 0 Å². The van der Waals surface area contributed by atoms with E-state index in [1.54, 1.807) is 20.4 Å². The Balaban J connectivity index is 1.62. The highest BCUT2D eigenvalue weighted by Crippen LogP contribution is 2.30. The van der Waals surface area contributed by atoms with Gasteiger partial charge >= 0.3 is 0 Å². The van der Waals surface area contributed by atoms with Gasteiger partial charge in [0.25, 0.3) is 0 Å². The van der Waals surface area contributed by atoms with Gasteiger partial charge in [-0.3, -0.25) is 0 Å². The zero-order valence-electron chi connectivity index (χ0n) is 14.8. The van der Waals surface area contributed by atoms with Gasteiger partial charge in [-0.2, -0.15) is 10.1 Å². The molecule has 0 aliphatic rings. The summed E-state index contributed by atoms with van der Waals surface area (Å²) < 4.78 is 10.5. The van der Waals surface area contributed by atoms with E-state index in [2.05, 4.69) is 37.9 Å². The Bertz CT molecular complexity index is 842. The number of benzene rings is 2. The van der Waals surface area contributed by atoms with E-state index in [4.69, 9.17) is 9.47 Å². The van der Waals surface area contributed by atoms with Crippen molar-refractivity contribution >= 4 is 17.5 Å². The molecular formula is C19H21N5O2. The van der Waals surface area contributed by atoms with Crippen LogP contribution >= 0.6 is 0 Å². The third-order valence-corrected chi connectivity index (χ3v) is 3.75. The molecule has 0 atom stereocenters. The average molecular weight is 351 g/mol. The predicted molar refractivity (Wildman–Crippen MR) is 101 cm³/mol. The SMILES string of the molecule is COc1ccc(Nc2cnnc(NCCc3ccccc3)n2)cc1OC. The fourth-order valence-electron chi connectivity index (χ4n) is 2.46. The minimum absolute atomic E-state index is 0.478. The molecule has 0 fully saturated rings. The number of hydrogen-bond donors (Lipinski definition) is 2. The van der Waals surface area contributed by atoms with Crippen LogP contribution in [0.3, 0.4) is 0 Å². The summed E-state index contributed by atoms with van der Waals surface area (Å²) in [6.07, 6.45) is 2.45. The van der Waals surface area contributed by atoms with Gasteiger partial charge in [-0.1, -0.05) is 30.3 Å². The lowest BCUT2D eigenvalue weighted by Gasteiger charge is -2.11. The Labute approximate surface area is 152 Å². The molecule has 1 heterocycles. The topological polar surface area (TPSA) is 81.2 Å². The van der Waals surface area contributed by atoms with Crippen molar-refractivity contribution in [3.63, 3.8) is 0 Å². The van der Waals surface area contributed by atoms with E-state index in [0.29, 0.717) is 23.3 Å². The van der Waals surface area contributed by atoms with Gasteiger partial charge in [0, 0.05) is 18.3 Å². The Kier molecular flexibility index (Phi) is 5.82. The maximum absolute atomic E-state index is 5.31. The van der Waals surface area contributed by atoms with Crippen molar-refractivity contribution < 1.29 is 9.47 Å². The van der Waals surface area contributed by atoms with Gasteiger partial charge in [-0.05, 0) is 24.1 Å². The van der Waals surface area contributed by atoms with E-state index in [-0.39, 0.29) is 0 Å². The number of anilines is 3. The molecule has 134 valence electrons. The molecule has 0 unspecified atom stereocenters. The van der Waals surface area contributed by atoms with Gasteiger partial charge in [0.05, 0.1) is 20.4 Å². The van der Waals surface area contributed by atoms with E-state index in [0.717, 1.165) is 18.7 Å². The first-order chi connectivity index (χ1) is 12.8. The second kappa shape index (κ2) is 8.66. The average Bonchev–Trinajstić information content (AvgIpc) is 2.69. The molecule has 26 heavy (non-hydrogen) atoms. The maximum atomic E-state index is 5.31. The van der Waals surface area contributed by atoms with E-state index in [1.807, 2.05) is 36.4 Å². The first-order valence-corrected chi connectivity index (χ1v) is 8.25. The Morgan fingerprint density at radius 1 is 0.962 bits per heavy atom. The molecule has 2 aromatic carbocycles. The van der Waals surface area contributed by atoms with Crippen molar-refractivity contribution in [3.05, 3.63) is 60.3 Å². The maximum Gasteiger partial charge on any atom is 0.244 e. The highest BCUT2D eigenvalue weighted by atomic mass is 16.5. The number of aromatic nitrogens is 3. The summed E-state index contributed by atoms with van der Waals surface area (Å²) in [6, 6.07) is 15.8. The fourth-order valence-corrected chi connectivity index (χ4v) is 2.46. The Morgan fingerprint density at radius 2 is 1.77 bits per heavy atom. The number of hydrogen-bond acceptors (Lipinski definition) is 7. The fraction of sp³-hybridized carbons (Fsp3) is 0.211. The van der Waals surface area contributed by atoms with Gasteiger partial charge in [0.15, 0.2) is 17.3 Å². The largest absolute Gasteiger partial charge is 0.493 e. The summed E-state index contributed by atoms with van der Waals surface area (Å²) >= 11 is 0. The van der Waals surface area contributed by atoms with Gasteiger partial charge < -0.3 is 20.1 Å². The summed E-state index contributed by atoms with van der Waals surface area (Å²) in [5.74, 6) is 2.38. The molecule has 0 aliphatic heterocycles. The first kappa shape index (κ1) is 17.5. The molecule has 0 spiro atoms. The van der Waals surface area contributed by atoms with E-state index in [9.17, 15) is 0 Å². The summed E-state index contributed by atoms with van der Waals surface area (Å²) in [7, 11) is 3.20. The molecule has 0 radical (unpaired) electrons. The van der Waals surface area contributed by atoms with Crippen molar-refractivity contribution in [1.82, 2.24) is 15.2 Å². The number of nitrogens with one attached hydrogen (secondary N) is 2. The van der Waals surface area contributed by atoms with Gasteiger partial charge in [-0.15, -0.1) is 5.10 Å². The first-order valence-electron chi connectivity index (χ1n) is 8.25. The molecule has 2 N–H and O–H groups in total. The van der Waals surface area contributed by atoms with Crippen LogP contribution in [0.5, 0.6) is 11.5 Å². The van der Waals surface area contributed by atoms with Crippen LogP contribution in [-0.4, -0.2) is 35.9 Å². The summed E-state index contributed by atoms with van der Waals surface area (Å²) in [6.45, 7) is 0.728. The molecule has 0 bridgehead atoms. The van der Waals surface area contributed by atoms with Crippen molar-refractivity contribution in [1.29, 1.82) is 0 Å². The summed E-state index contributed by atoms with van der Waals surface area (Å²) in [4.78, 5) is 4.43. The van der Waals surface area contributed by atoms with Crippen LogP contribution in [-0.2, 0) is 6.42 Å². The van der Waals surface area contributed by atoms with Crippen LogP contribution in [0, 0.1) is 0 Å². The number of nitrogens with zero attached hydrogens (tertiary/aromatic N) is 3. The molecule has 7 nitrogen and oxygen atoms in total. The van der Waals surface area contributed by atoms with Crippen molar-refractivity contribution in [3.8, 4) is 11.5 Å². The minimum atomic E-state index is 0.478. The highest BCUT2D eigenvalue weighted by Gasteiger charge is 2.06. The van der Waals surface area contributed by atoms with Crippen LogP contribution in [0.25, 0.3) is 0 Å². The molecule has 7 heteroatoms. The highest BCUT2D eigenvalue weighted by molar-refractivity contribution is 5.61. The molecule has 0 aliphatic carbocycles. The van der Waals surface area contributed by atoms with E-state index >= 15 is 0 Å². The summed E-state index contributed by atoms with van der Waals surface area (Å²) in [5, 5.41) is 14.4. The lowest BCUT2D eigenvalue weighted by Crippen LogP contribution is -2.09. The molecule has 0 amide bonds. The quantitative estimate of drug-likeness (QED) is 0.644. The molecule has 0 saturated carbocycles. The number of ether oxygens (including phenoxy) is 2. The van der Waals surface area contributed by atoms with Crippen molar-refractivity contribution in [2.75, 3.05) is 31.4 Å². The van der Waals surface area contributed by atoms with Crippen LogP contribution in [0.2, 0.25) is 0 Å². The third kappa shape index (κ3) is 4.60. The molecule has 1 aromatic heterocycles. The normalized spacial score (nSPS) is 10.2. The van der Waals surface area contributed by atoms with Gasteiger partial charge in [-0.25, -0.2) is 0 Å². The molecule has 0 saturated heterocycles. The number of rotatable bonds is 8. The van der Waals surface area contributed by atoms with Crippen LogP contribution in [0.15, 0.2) is 54.7 Å². The monoisotopic (exact) mass is 351 g/mol. The van der Waals surface area contributed by atoms with Gasteiger partial charge in [0.2, 0.25) is 5.95 Å². The van der Waals surface area contributed by atoms with Gasteiger partial charge in [0.1, 0.15) is 0 Å². The lowest BCUT2D eigenvalue weighted by atomic mass is 10.1. The zero-order chi connectivity index (χ0) is 18.2. The molecule has 3 aromatic rings. The predicted octanol–water partition coefficient (Wildman–Crippen LogP) is 3.29. The Morgan fingerprint density at radius 3 is 2.54 bits per heavy atom. The standard InChI is InChI=1S/C19H21N5O2/c1-25-16-9-8-15(12-17(16)26-2)22-18-13-21-24-19(23-18)20-11-10-14-6-4-3-5-7-14/h3-9,12-13H,10-11H2,1-2H3,(H2,20,22,23,24). The molecular weight excluding hydrogens is 330 g/mol. The second-order valence-electron chi connectivity index (χ2n) is 5.52. The second-order valence-corrected chi connectivity index (χ2v) is 5.52. The Hall–Kier alpha value is -3.35. The van der Waals surface area contributed by atoms with E-state index in [1.165, 1.54) is 5.56 Å². The van der Waals surface area contributed by atoms with Crippen LogP contribution < -0.4 is 20.1 Å². The zero-order valence-corrected chi connectivity index (χ0v) is 14.8. The number of methoxy groups -OCH3 is 2.